The fourth-order valence-electron chi connectivity index (χ4n) is 2.50. The summed E-state index contributed by atoms with van der Waals surface area (Å²) in [7, 11) is 0. The van der Waals surface area contributed by atoms with Gasteiger partial charge in [0.2, 0.25) is 0 Å². The smallest absolute Gasteiger partial charge is 0.338 e. The van der Waals surface area contributed by atoms with Crippen LogP contribution in [-0.4, -0.2) is 19.1 Å². The van der Waals surface area contributed by atoms with Crippen LogP contribution in [0.2, 0.25) is 0 Å². The largest absolute Gasteiger partial charge is 0.461 e. The highest BCUT2D eigenvalue weighted by molar-refractivity contribution is 5.92. The molecule has 0 atom stereocenters. The minimum absolute atomic E-state index is 0.243. The topological polar surface area (TPSA) is 52.3 Å². The third-order valence-electron chi connectivity index (χ3n) is 3.27. The molecule has 3 heteroatoms. The van der Waals surface area contributed by atoms with Gasteiger partial charge in [-0.1, -0.05) is 46.4 Å². The molecule has 20 heavy (non-hydrogen) atoms. The van der Waals surface area contributed by atoms with Gasteiger partial charge in [-0.3, -0.25) is 0 Å². The Morgan fingerprint density at radius 3 is 2.30 bits per heavy atom. The molecule has 0 bridgehead atoms. The van der Waals surface area contributed by atoms with Crippen molar-refractivity contribution in [3.05, 3.63) is 41.0 Å². The minimum atomic E-state index is -0.295. The van der Waals surface area contributed by atoms with Crippen molar-refractivity contribution < 1.29 is 9.53 Å². The first-order chi connectivity index (χ1) is 9.43. The average molecular weight is 275 g/mol. The van der Waals surface area contributed by atoms with Gasteiger partial charge in [0.15, 0.2) is 0 Å². The monoisotopic (exact) mass is 275 g/mol. The Balaban J connectivity index is 3.42. The van der Waals surface area contributed by atoms with E-state index in [4.69, 9.17) is 10.5 Å². The fraction of sp³-hybridized carbons (Fsp3) is 0.471. The summed E-state index contributed by atoms with van der Waals surface area (Å²) in [4.78, 5) is 12.2. The number of benzene rings is 1. The highest BCUT2D eigenvalue weighted by atomic mass is 16.5. The van der Waals surface area contributed by atoms with Gasteiger partial charge < -0.3 is 10.5 Å². The number of esters is 1. The van der Waals surface area contributed by atoms with Gasteiger partial charge >= 0.3 is 5.97 Å². The number of ether oxygens (including phenoxy) is 1. The lowest BCUT2D eigenvalue weighted by atomic mass is 9.83. The molecule has 0 aliphatic heterocycles. The lowest BCUT2D eigenvalue weighted by Gasteiger charge is -2.22. The Kier molecular flexibility index (Phi) is 5.96. The molecule has 1 aromatic rings. The van der Waals surface area contributed by atoms with Gasteiger partial charge in [0, 0.05) is 6.54 Å². The van der Waals surface area contributed by atoms with Crippen molar-refractivity contribution in [2.45, 2.75) is 39.5 Å². The van der Waals surface area contributed by atoms with Crippen molar-refractivity contribution in [2.24, 2.45) is 5.73 Å². The second-order valence-corrected chi connectivity index (χ2v) is 5.47. The number of carbonyl (C=O) groups excluding carboxylic acids is 1. The lowest BCUT2D eigenvalue weighted by molar-refractivity contribution is 0.0515. The molecule has 1 aromatic carbocycles. The van der Waals surface area contributed by atoms with Gasteiger partial charge in [-0.2, -0.15) is 0 Å². The van der Waals surface area contributed by atoms with E-state index in [9.17, 15) is 4.79 Å². The van der Waals surface area contributed by atoms with Crippen LogP contribution in [0.5, 0.6) is 0 Å². The van der Waals surface area contributed by atoms with E-state index < -0.39 is 0 Å². The van der Waals surface area contributed by atoms with E-state index in [0.29, 0.717) is 18.0 Å². The first-order valence-corrected chi connectivity index (χ1v) is 7.10. The SMILES string of the molecule is C=Cc1ccc(C(=O)OCCN)c(C(C)C)c1C(C)C. The normalized spacial score (nSPS) is 10.9. The van der Waals surface area contributed by atoms with Crippen molar-refractivity contribution in [1.29, 1.82) is 0 Å². The van der Waals surface area contributed by atoms with Gasteiger partial charge in [-0.15, -0.1) is 0 Å². The lowest BCUT2D eigenvalue weighted by Crippen LogP contribution is -2.17. The van der Waals surface area contributed by atoms with Gasteiger partial charge in [0.05, 0.1) is 5.56 Å². The standard InChI is InChI=1S/C17H25NO2/c1-6-13-7-8-14(17(19)20-10-9-18)16(12(4)5)15(13)11(2)3/h6-8,11-12H,1,9-10,18H2,2-5H3. The number of hydrogen-bond acceptors (Lipinski definition) is 3. The van der Waals surface area contributed by atoms with Gasteiger partial charge in [-0.05, 0) is 34.6 Å². The second-order valence-electron chi connectivity index (χ2n) is 5.47. The highest BCUT2D eigenvalue weighted by Crippen LogP contribution is 2.33. The Hall–Kier alpha value is -1.61. The summed E-state index contributed by atoms with van der Waals surface area (Å²) in [6.45, 7) is 12.9. The quantitative estimate of drug-likeness (QED) is 0.805. The Labute approximate surface area is 121 Å². The molecule has 0 fully saturated rings. The van der Waals surface area contributed by atoms with Crippen LogP contribution in [0.15, 0.2) is 18.7 Å². The molecular formula is C17H25NO2. The van der Waals surface area contributed by atoms with E-state index in [1.165, 1.54) is 5.56 Å². The second kappa shape index (κ2) is 7.25. The molecule has 0 amide bonds. The predicted octanol–water partition coefficient (Wildman–Crippen LogP) is 3.69. The van der Waals surface area contributed by atoms with Crippen molar-refractivity contribution >= 4 is 12.0 Å². The third kappa shape index (κ3) is 3.48. The van der Waals surface area contributed by atoms with Gasteiger partial charge in [0.25, 0.3) is 0 Å². The first kappa shape index (κ1) is 16.4. The van der Waals surface area contributed by atoms with Crippen LogP contribution in [0.25, 0.3) is 6.08 Å². The Morgan fingerprint density at radius 1 is 1.25 bits per heavy atom. The summed E-state index contributed by atoms with van der Waals surface area (Å²) < 4.78 is 5.19. The maximum absolute atomic E-state index is 12.2. The molecule has 110 valence electrons. The molecule has 0 spiro atoms. The summed E-state index contributed by atoms with van der Waals surface area (Å²) in [6, 6.07) is 3.77. The maximum Gasteiger partial charge on any atom is 0.338 e. The average Bonchev–Trinajstić information content (AvgIpc) is 2.42. The summed E-state index contributed by atoms with van der Waals surface area (Å²) in [5.74, 6) is 0.270. The number of carbonyl (C=O) groups is 1. The van der Waals surface area contributed by atoms with Gasteiger partial charge in [-0.25, -0.2) is 4.79 Å². The molecule has 3 nitrogen and oxygen atoms in total. The van der Waals surface area contributed by atoms with Crippen molar-refractivity contribution in [3.63, 3.8) is 0 Å². The Morgan fingerprint density at radius 2 is 1.85 bits per heavy atom. The van der Waals surface area contributed by atoms with Crippen molar-refractivity contribution in [3.8, 4) is 0 Å². The molecule has 0 saturated heterocycles. The number of nitrogens with two attached hydrogens (primary N) is 1. The van der Waals surface area contributed by atoms with E-state index in [1.54, 1.807) is 0 Å². The molecule has 2 N–H and O–H groups in total. The first-order valence-electron chi connectivity index (χ1n) is 7.10. The minimum Gasteiger partial charge on any atom is -0.461 e. The Bertz CT molecular complexity index is 490. The van der Waals surface area contributed by atoms with E-state index in [1.807, 2.05) is 18.2 Å². The molecule has 0 unspecified atom stereocenters. The summed E-state index contributed by atoms with van der Waals surface area (Å²) in [6.07, 6.45) is 1.84. The maximum atomic E-state index is 12.2. The van der Waals surface area contributed by atoms with E-state index in [-0.39, 0.29) is 18.5 Å². The fourth-order valence-corrected chi connectivity index (χ4v) is 2.50. The molecule has 0 saturated carbocycles. The van der Waals surface area contributed by atoms with Crippen LogP contribution in [0.1, 0.15) is 66.6 Å². The van der Waals surface area contributed by atoms with Gasteiger partial charge in [0.1, 0.15) is 6.61 Å². The highest BCUT2D eigenvalue weighted by Gasteiger charge is 2.21. The van der Waals surface area contributed by atoms with Crippen LogP contribution in [0.3, 0.4) is 0 Å². The summed E-state index contributed by atoms with van der Waals surface area (Å²) in [5, 5.41) is 0. The third-order valence-corrected chi connectivity index (χ3v) is 3.27. The predicted molar refractivity (Wildman–Crippen MR) is 84.0 cm³/mol. The molecule has 1 rings (SSSR count). The van der Waals surface area contributed by atoms with E-state index >= 15 is 0 Å². The van der Waals surface area contributed by atoms with Crippen molar-refractivity contribution in [1.82, 2.24) is 0 Å². The van der Waals surface area contributed by atoms with Crippen LogP contribution >= 0.6 is 0 Å². The van der Waals surface area contributed by atoms with Crippen molar-refractivity contribution in [2.75, 3.05) is 13.2 Å². The van der Waals surface area contributed by atoms with Crippen LogP contribution in [0.4, 0.5) is 0 Å². The number of rotatable bonds is 6. The molecule has 0 aliphatic rings. The molecule has 0 aromatic heterocycles. The van der Waals surface area contributed by atoms with E-state index in [0.717, 1.165) is 11.1 Å². The van der Waals surface area contributed by atoms with E-state index in [2.05, 4.69) is 34.3 Å². The van der Waals surface area contributed by atoms with Crippen LogP contribution < -0.4 is 5.73 Å². The van der Waals surface area contributed by atoms with Crippen LogP contribution in [0, 0.1) is 0 Å². The number of hydrogen-bond donors (Lipinski definition) is 1. The molecule has 0 aliphatic carbocycles. The zero-order chi connectivity index (χ0) is 15.3. The van der Waals surface area contributed by atoms with Crippen LogP contribution in [-0.2, 0) is 4.74 Å². The zero-order valence-electron chi connectivity index (χ0n) is 12.9. The zero-order valence-corrected chi connectivity index (χ0v) is 12.9. The molecular weight excluding hydrogens is 250 g/mol. The summed E-state index contributed by atoms with van der Waals surface area (Å²) >= 11 is 0. The summed E-state index contributed by atoms with van der Waals surface area (Å²) in [5.41, 5.74) is 9.34. The molecule has 0 heterocycles. The molecule has 0 radical (unpaired) electrons.